The Hall–Kier alpha value is -2.06. The van der Waals surface area contributed by atoms with Crippen molar-refractivity contribution >= 4 is 20.5 Å². The van der Waals surface area contributed by atoms with Crippen LogP contribution in [0.5, 0.6) is 0 Å². The highest BCUT2D eigenvalue weighted by Gasteiger charge is 2.43. The summed E-state index contributed by atoms with van der Waals surface area (Å²) in [5.74, 6) is 0.167. The molecule has 34 heavy (non-hydrogen) atoms. The van der Waals surface area contributed by atoms with Crippen LogP contribution in [0.15, 0.2) is 30.3 Å². The minimum absolute atomic E-state index is 0.0319. The number of nitrogens with one attached hydrogen (secondary N) is 1. The van der Waals surface area contributed by atoms with E-state index in [0.717, 1.165) is 24.8 Å². The van der Waals surface area contributed by atoms with Gasteiger partial charge in [-0.15, -0.1) is 0 Å². The van der Waals surface area contributed by atoms with Gasteiger partial charge in [0.25, 0.3) is 0 Å². The van der Waals surface area contributed by atoms with Gasteiger partial charge in [0.1, 0.15) is 12.2 Å². The molecule has 2 N–H and O–H groups in total. The van der Waals surface area contributed by atoms with Crippen LogP contribution in [0.4, 0.5) is 9.59 Å². The molecule has 8 heteroatoms. The number of rotatable bonds is 7. The van der Waals surface area contributed by atoms with E-state index in [0.29, 0.717) is 6.54 Å². The molecule has 1 aliphatic rings. The highest BCUT2D eigenvalue weighted by atomic mass is 28.4. The van der Waals surface area contributed by atoms with Crippen molar-refractivity contribution in [3.8, 4) is 0 Å². The minimum atomic E-state index is -2.39. The second kappa shape index (κ2) is 11.1. The maximum Gasteiger partial charge on any atom is 0.410 e. The summed E-state index contributed by atoms with van der Waals surface area (Å²) in [6, 6.07) is 9.36. The number of amides is 2. The molecule has 1 aromatic carbocycles. The third-order valence-corrected chi connectivity index (χ3v) is 10.5. The molecule has 1 fully saturated rings. The molecule has 1 saturated heterocycles. The van der Waals surface area contributed by atoms with Crippen molar-refractivity contribution in [2.24, 2.45) is 5.92 Å². The topological polar surface area (TPSA) is 88.1 Å². The first-order valence-corrected chi connectivity index (χ1v) is 15.2. The average molecular weight is 493 g/mol. The maximum atomic E-state index is 13.2. The minimum Gasteiger partial charge on any atom is -0.445 e. The number of carbonyl (C=O) groups excluding carboxylic acids is 2. The lowest BCUT2D eigenvalue weighted by Gasteiger charge is -2.45. The van der Waals surface area contributed by atoms with E-state index in [1.807, 2.05) is 64.2 Å². The summed E-state index contributed by atoms with van der Waals surface area (Å²) < 4.78 is 11.1. The van der Waals surface area contributed by atoms with E-state index in [9.17, 15) is 14.4 Å². The zero-order valence-electron chi connectivity index (χ0n) is 22.2. The van der Waals surface area contributed by atoms with E-state index in [1.54, 1.807) is 4.90 Å². The van der Waals surface area contributed by atoms with Crippen LogP contribution in [0, 0.1) is 5.92 Å². The summed E-state index contributed by atoms with van der Waals surface area (Å²) >= 11 is 0. The van der Waals surface area contributed by atoms with Crippen molar-refractivity contribution in [3.05, 3.63) is 35.9 Å². The van der Waals surface area contributed by atoms with Crippen molar-refractivity contribution in [2.75, 3.05) is 6.54 Å². The number of ether oxygens (including phenoxy) is 2. The fourth-order valence-electron chi connectivity index (χ4n) is 4.38. The summed E-state index contributed by atoms with van der Waals surface area (Å²) in [5.41, 5.74) is 0.339. The normalized spacial score (nSPS) is 20.4. The zero-order chi connectivity index (χ0) is 25.7. The van der Waals surface area contributed by atoms with Gasteiger partial charge in [0, 0.05) is 18.6 Å². The van der Waals surface area contributed by atoms with Gasteiger partial charge < -0.3 is 24.5 Å². The van der Waals surface area contributed by atoms with Crippen LogP contribution in [0.1, 0.15) is 66.4 Å². The second-order valence-corrected chi connectivity index (χ2v) is 16.3. The third kappa shape index (κ3) is 8.31. The van der Waals surface area contributed by atoms with E-state index >= 15 is 0 Å². The lowest BCUT2D eigenvalue weighted by atomic mass is 9.84. The summed E-state index contributed by atoms with van der Waals surface area (Å²) in [5, 5.41) is 2.73. The molecule has 0 spiro atoms. The molecular formula is C26H44N2O5Si. The molecule has 0 bridgehead atoms. The van der Waals surface area contributed by atoms with Crippen LogP contribution in [0.2, 0.25) is 18.1 Å². The highest BCUT2D eigenvalue weighted by molar-refractivity contribution is 6.72. The van der Waals surface area contributed by atoms with Gasteiger partial charge in [0.05, 0.1) is 0 Å². The number of hydrogen-bond donors (Lipinski definition) is 2. The van der Waals surface area contributed by atoms with Gasteiger partial charge in [-0.05, 0) is 69.6 Å². The molecule has 2 amide bonds. The summed E-state index contributed by atoms with van der Waals surface area (Å²) in [6.45, 7) is 16.3. The average Bonchev–Trinajstić information content (AvgIpc) is 2.70. The van der Waals surface area contributed by atoms with Crippen LogP contribution in [0.3, 0.4) is 0 Å². The number of benzene rings is 1. The Balaban J connectivity index is 2.14. The SMILES string of the molecule is C[C@@H](CC(C)(C)[Si](C)(C)O)[C@H]1CC[C@H](NC(=O)OC(C)(C)C)CN1C(=O)OCc1ccccc1. The monoisotopic (exact) mass is 492 g/mol. The number of likely N-dealkylation sites (tertiary alicyclic amines) is 1. The number of hydrogen-bond acceptors (Lipinski definition) is 5. The van der Waals surface area contributed by atoms with Crippen molar-refractivity contribution in [1.82, 2.24) is 10.2 Å². The fourth-order valence-corrected chi connectivity index (χ4v) is 5.20. The van der Waals surface area contributed by atoms with Gasteiger partial charge in [-0.1, -0.05) is 51.1 Å². The van der Waals surface area contributed by atoms with Gasteiger partial charge >= 0.3 is 12.2 Å². The number of alkyl carbamates (subject to hydrolysis) is 1. The van der Waals surface area contributed by atoms with Gasteiger partial charge in [0.15, 0.2) is 8.32 Å². The molecule has 0 saturated carbocycles. The fraction of sp³-hybridized carbons (Fsp3) is 0.692. The van der Waals surface area contributed by atoms with Crippen LogP contribution in [0.25, 0.3) is 0 Å². The highest BCUT2D eigenvalue weighted by Crippen LogP contribution is 2.43. The van der Waals surface area contributed by atoms with E-state index in [-0.39, 0.29) is 35.7 Å². The summed E-state index contributed by atoms with van der Waals surface area (Å²) in [4.78, 5) is 38.1. The van der Waals surface area contributed by atoms with Crippen LogP contribution < -0.4 is 5.32 Å². The molecule has 0 aromatic heterocycles. The first kappa shape index (κ1) is 28.2. The standard InChI is InChI=1S/C26H44N2O5Si/c1-19(16-26(5,6)34(7,8)31)22-15-14-21(27-23(29)33-25(2,3)4)17-28(22)24(30)32-18-20-12-10-9-11-13-20/h9-13,19,21-22,31H,14-18H2,1-8H3,(H,27,29)/t19-,21-,22+/m0/s1. The molecule has 192 valence electrons. The smallest absolute Gasteiger partial charge is 0.410 e. The third-order valence-electron chi connectivity index (χ3n) is 6.93. The van der Waals surface area contributed by atoms with Gasteiger partial charge in [-0.3, -0.25) is 0 Å². The first-order chi connectivity index (χ1) is 15.6. The molecule has 0 radical (unpaired) electrons. The second-order valence-electron chi connectivity index (χ2n) is 11.8. The molecular weight excluding hydrogens is 448 g/mol. The van der Waals surface area contributed by atoms with Crippen molar-refractivity contribution in [2.45, 2.75) is 103 Å². The Morgan fingerprint density at radius 3 is 2.32 bits per heavy atom. The van der Waals surface area contributed by atoms with E-state index in [4.69, 9.17) is 9.47 Å². The van der Waals surface area contributed by atoms with E-state index < -0.39 is 20.0 Å². The van der Waals surface area contributed by atoms with Gasteiger partial charge in [-0.25, -0.2) is 9.59 Å². The van der Waals surface area contributed by atoms with Gasteiger partial charge in [0.2, 0.25) is 0 Å². The van der Waals surface area contributed by atoms with Crippen LogP contribution in [-0.4, -0.2) is 54.4 Å². The molecule has 2 rings (SSSR count). The number of carbonyl (C=O) groups is 2. The summed E-state index contributed by atoms with van der Waals surface area (Å²) in [6.07, 6.45) is 1.44. The van der Waals surface area contributed by atoms with E-state index in [1.165, 1.54) is 0 Å². The predicted octanol–water partition coefficient (Wildman–Crippen LogP) is 5.68. The number of nitrogens with zero attached hydrogens (tertiary/aromatic N) is 1. The van der Waals surface area contributed by atoms with Crippen LogP contribution >= 0.6 is 0 Å². The molecule has 0 unspecified atom stereocenters. The molecule has 0 aliphatic carbocycles. The van der Waals surface area contributed by atoms with Crippen molar-refractivity contribution < 1.29 is 23.9 Å². The predicted molar refractivity (Wildman–Crippen MR) is 137 cm³/mol. The first-order valence-electron chi connectivity index (χ1n) is 12.3. The van der Waals surface area contributed by atoms with E-state index in [2.05, 4.69) is 26.1 Å². The van der Waals surface area contributed by atoms with Crippen molar-refractivity contribution in [3.63, 3.8) is 0 Å². The largest absolute Gasteiger partial charge is 0.445 e. The number of piperidine rings is 1. The van der Waals surface area contributed by atoms with Gasteiger partial charge in [-0.2, -0.15) is 0 Å². The summed E-state index contributed by atoms with van der Waals surface area (Å²) in [7, 11) is -2.39. The molecule has 7 nitrogen and oxygen atoms in total. The zero-order valence-corrected chi connectivity index (χ0v) is 23.2. The Morgan fingerprint density at radius 1 is 1.15 bits per heavy atom. The van der Waals surface area contributed by atoms with Crippen molar-refractivity contribution in [1.29, 1.82) is 0 Å². The molecule has 3 atom stereocenters. The molecule has 1 heterocycles. The Bertz CT molecular complexity index is 817. The molecule has 1 aromatic rings. The quantitative estimate of drug-likeness (QED) is 0.478. The lowest BCUT2D eigenvalue weighted by Crippen LogP contribution is -2.56. The Labute approximate surface area is 206 Å². The molecule has 1 aliphatic heterocycles. The van der Waals surface area contributed by atoms with Crippen LogP contribution in [-0.2, 0) is 16.1 Å². The lowest BCUT2D eigenvalue weighted by molar-refractivity contribution is 0.0300. The maximum absolute atomic E-state index is 13.2. The Morgan fingerprint density at radius 2 is 1.76 bits per heavy atom. The Kier molecular flexibility index (Phi) is 9.21.